The third kappa shape index (κ3) is 4.52. The molecule has 0 radical (unpaired) electrons. The Kier molecular flexibility index (Phi) is 4.38. The standard InChI is InChI=1S/C11H12BrClFNO2/c1-11(2,3)17-10(16)15-9-4-6(12)8(14)5-7(9)13/h4-5H,1-3H3,(H,15,16). The van der Waals surface area contributed by atoms with Crippen LogP contribution in [0.4, 0.5) is 14.9 Å². The zero-order valence-electron chi connectivity index (χ0n) is 9.61. The summed E-state index contributed by atoms with van der Waals surface area (Å²) in [7, 11) is 0. The fraction of sp³-hybridized carbons (Fsp3) is 0.364. The highest BCUT2D eigenvalue weighted by Crippen LogP contribution is 2.28. The minimum atomic E-state index is -0.641. The molecule has 0 bridgehead atoms. The van der Waals surface area contributed by atoms with Crippen molar-refractivity contribution in [3.63, 3.8) is 0 Å². The fourth-order valence-electron chi connectivity index (χ4n) is 1.03. The number of ether oxygens (including phenoxy) is 1. The van der Waals surface area contributed by atoms with Crippen molar-refractivity contribution in [2.24, 2.45) is 0 Å². The van der Waals surface area contributed by atoms with Gasteiger partial charge in [-0.3, -0.25) is 5.32 Å². The van der Waals surface area contributed by atoms with Crippen molar-refractivity contribution in [3.05, 3.63) is 27.4 Å². The van der Waals surface area contributed by atoms with Gasteiger partial charge in [0.15, 0.2) is 0 Å². The van der Waals surface area contributed by atoms with E-state index < -0.39 is 17.5 Å². The number of benzene rings is 1. The number of rotatable bonds is 1. The number of hydrogen-bond acceptors (Lipinski definition) is 2. The van der Waals surface area contributed by atoms with Crippen molar-refractivity contribution < 1.29 is 13.9 Å². The van der Waals surface area contributed by atoms with Crippen LogP contribution in [0.3, 0.4) is 0 Å². The largest absolute Gasteiger partial charge is 0.444 e. The molecule has 1 amide bonds. The normalized spacial score (nSPS) is 11.2. The van der Waals surface area contributed by atoms with Gasteiger partial charge in [0.25, 0.3) is 0 Å². The molecule has 0 aliphatic rings. The number of anilines is 1. The molecule has 0 fully saturated rings. The quantitative estimate of drug-likeness (QED) is 0.767. The van der Waals surface area contributed by atoms with E-state index in [2.05, 4.69) is 21.2 Å². The third-order valence-corrected chi connectivity index (χ3v) is 2.57. The smallest absolute Gasteiger partial charge is 0.412 e. The van der Waals surface area contributed by atoms with Crippen molar-refractivity contribution in [2.75, 3.05) is 5.32 Å². The van der Waals surface area contributed by atoms with Crippen LogP contribution in [0.5, 0.6) is 0 Å². The summed E-state index contributed by atoms with van der Waals surface area (Å²) in [5.41, 5.74) is -0.317. The van der Waals surface area contributed by atoms with Gasteiger partial charge in [-0.2, -0.15) is 0 Å². The molecule has 6 heteroatoms. The second kappa shape index (κ2) is 5.23. The summed E-state index contributed by atoms with van der Waals surface area (Å²) < 4.78 is 18.4. The minimum Gasteiger partial charge on any atom is -0.444 e. The Morgan fingerprint density at radius 2 is 2.06 bits per heavy atom. The predicted octanol–water partition coefficient (Wildman–Crippen LogP) is 4.59. The van der Waals surface area contributed by atoms with E-state index in [-0.39, 0.29) is 15.2 Å². The van der Waals surface area contributed by atoms with Gasteiger partial charge in [-0.15, -0.1) is 0 Å². The van der Waals surface area contributed by atoms with Crippen LogP contribution in [-0.4, -0.2) is 11.7 Å². The summed E-state index contributed by atoms with van der Waals surface area (Å²) >= 11 is 8.79. The molecule has 1 aromatic carbocycles. The molecule has 3 nitrogen and oxygen atoms in total. The van der Waals surface area contributed by atoms with E-state index in [0.29, 0.717) is 0 Å². The Hall–Kier alpha value is -0.810. The Morgan fingerprint density at radius 3 is 2.59 bits per heavy atom. The molecule has 0 aliphatic heterocycles. The summed E-state index contributed by atoms with van der Waals surface area (Å²) in [6, 6.07) is 2.49. The molecule has 1 aromatic rings. The van der Waals surface area contributed by atoms with Crippen molar-refractivity contribution in [3.8, 4) is 0 Å². The molecule has 0 spiro atoms. The lowest BCUT2D eigenvalue weighted by atomic mass is 10.2. The molecule has 1 rings (SSSR count). The maximum Gasteiger partial charge on any atom is 0.412 e. The molecule has 0 aromatic heterocycles. The van der Waals surface area contributed by atoms with Gasteiger partial charge in [0, 0.05) is 0 Å². The van der Waals surface area contributed by atoms with E-state index in [0.717, 1.165) is 6.07 Å². The van der Waals surface area contributed by atoms with E-state index in [4.69, 9.17) is 16.3 Å². The number of carbonyl (C=O) groups is 1. The average molecular weight is 325 g/mol. The SMILES string of the molecule is CC(C)(C)OC(=O)Nc1cc(Br)c(F)cc1Cl. The highest BCUT2D eigenvalue weighted by Gasteiger charge is 2.17. The van der Waals surface area contributed by atoms with Gasteiger partial charge in [0.1, 0.15) is 11.4 Å². The van der Waals surface area contributed by atoms with Gasteiger partial charge in [-0.1, -0.05) is 11.6 Å². The zero-order valence-corrected chi connectivity index (χ0v) is 11.9. The van der Waals surface area contributed by atoms with Crippen molar-refractivity contribution in [2.45, 2.75) is 26.4 Å². The Bertz CT molecular complexity index is 446. The maximum atomic E-state index is 13.1. The van der Waals surface area contributed by atoms with E-state index >= 15 is 0 Å². The van der Waals surface area contributed by atoms with E-state index in [1.54, 1.807) is 20.8 Å². The van der Waals surface area contributed by atoms with Crippen LogP contribution in [0.2, 0.25) is 5.02 Å². The number of hydrogen-bond donors (Lipinski definition) is 1. The molecule has 0 unspecified atom stereocenters. The molecule has 0 heterocycles. The maximum absolute atomic E-state index is 13.1. The number of amides is 1. The summed E-state index contributed by atoms with van der Waals surface area (Å²) in [6.45, 7) is 5.23. The van der Waals surface area contributed by atoms with Crippen LogP contribution < -0.4 is 5.32 Å². The van der Waals surface area contributed by atoms with Crippen molar-refractivity contribution in [1.29, 1.82) is 0 Å². The van der Waals surface area contributed by atoms with Gasteiger partial charge < -0.3 is 4.74 Å². The number of halogens is 3. The third-order valence-electron chi connectivity index (χ3n) is 1.65. The highest BCUT2D eigenvalue weighted by atomic mass is 79.9. The van der Waals surface area contributed by atoms with Gasteiger partial charge >= 0.3 is 6.09 Å². The van der Waals surface area contributed by atoms with Gasteiger partial charge in [0.2, 0.25) is 0 Å². The van der Waals surface area contributed by atoms with Crippen LogP contribution in [0, 0.1) is 5.82 Å². The van der Waals surface area contributed by atoms with E-state index in [9.17, 15) is 9.18 Å². The molecule has 0 saturated carbocycles. The minimum absolute atomic E-state index is 0.108. The molecule has 94 valence electrons. The van der Waals surface area contributed by atoms with Gasteiger partial charge in [-0.25, -0.2) is 9.18 Å². The molecular formula is C11H12BrClFNO2. The second-order valence-electron chi connectivity index (χ2n) is 4.37. The first kappa shape index (κ1) is 14.3. The van der Waals surface area contributed by atoms with E-state index in [1.807, 2.05) is 0 Å². The molecule has 0 saturated heterocycles. The molecule has 0 aliphatic carbocycles. The molecular weight excluding hydrogens is 312 g/mol. The number of carbonyl (C=O) groups excluding carboxylic acids is 1. The predicted molar refractivity (Wildman–Crippen MR) is 69.0 cm³/mol. The van der Waals surface area contributed by atoms with E-state index in [1.165, 1.54) is 6.07 Å². The first-order chi connectivity index (χ1) is 7.69. The van der Waals surface area contributed by atoms with Gasteiger partial charge in [0.05, 0.1) is 15.2 Å². The summed E-state index contributed by atoms with van der Waals surface area (Å²) in [6.07, 6.45) is -0.641. The Labute approximate surface area is 112 Å². The number of nitrogens with one attached hydrogen (secondary N) is 1. The van der Waals surface area contributed by atoms with Crippen LogP contribution >= 0.6 is 27.5 Å². The first-order valence-electron chi connectivity index (χ1n) is 4.83. The van der Waals surface area contributed by atoms with Crippen molar-refractivity contribution >= 4 is 39.3 Å². The van der Waals surface area contributed by atoms with Crippen molar-refractivity contribution in [1.82, 2.24) is 0 Å². The first-order valence-corrected chi connectivity index (χ1v) is 6.00. The zero-order chi connectivity index (χ0) is 13.2. The van der Waals surface area contributed by atoms with Crippen LogP contribution in [-0.2, 0) is 4.74 Å². The lowest BCUT2D eigenvalue weighted by Gasteiger charge is -2.20. The van der Waals surface area contributed by atoms with Crippen LogP contribution in [0.25, 0.3) is 0 Å². The lowest BCUT2D eigenvalue weighted by Crippen LogP contribution is -2.27. The monoisotopic (exact) mass is 323 g/mol. The fourth-order valence-corrected chi connectivity index (χ4v) is 1.57. The summed E-state index contributed by atoms with van der Waals surface area (Å²) in [4.78, 5) is 11.5. The summed E-state index contributed by atoms with van der Waals surface area (Å²) in [5, 5.41) is 2.55. The Balaban J connectivity index is 2.82. The highest BCUT2D eigenvalue weighted by molar-refractivity contribution is 9.10. The van der Waals surface area contributed by atoms with Crippen LogP contribution in [0.15, 0.2) is 16.6 Å². The molecule has 0 atom stereocenters. The molecule has 17 heavy (non-hydrogen) atoms. The van der Waals surface area contributed by atoms with Gasteiger partial charge in [-0.05, 0) is 48.8 Å². The second-order valence-corrected chi connectivity index (χ2v) is 5.63. The lowest BCUT2D eigenvalue weighted by molar-refractivity contribution is 0.0636. The molecule has 1 N–H and O–H groups in total. The topological polar surface area (TPSA) is 38.3 Å². The Morgan fingerprint density at radius 1 is 1.47 bits per heavy atom. The average Bonchev–Trinajstić information content (AvgIpc) is 2.11. The van der Waals surface area contributed by atoms with Crippen LogP contribution in [0.1, 0.15) is 20.8 Å². The summed E-state index contributed by atoms with van der Waals surface area (Å²) in [5.74, 6) is -0.496.